The van der Waals surface area contributed by atoms with Gasteiger partial charge < -0.3 is 4.98 Å². The van der Waals surface area contributed by atoms with Crippen molar-refractivity contribution in [2.45, 2.75) is 10.4 Å². The minimum absolute atomic E-state index is 0.147. The number of hydrogen-bond donors (Lipinski definition) is 1. The number of hydrogen-bond acceptors (Lipinski definition) is 3. The Balaban J connectivity index is 1.96. The molecule has 1 aromatic carbocycles. The summed E-state index contributed by atoms with van der Waals surface area (Å²) in [5.41, 5.74) is 2.26. The molecule has 3 rings (SSSR count). The van der Waals surface area contributed by atoms with Crippen molar-refractivity contribution in [3.8, 4) is 0 Å². The summed E-state index contributed by atoms with van der Waals surface area (Å²) in [6.45, 7) is 0. The molecule has 19 heavy (non-hydrogen) atoms. The van der Waals surface area contributed by atoms with Crippen LogP contribution in [0.3, 0.4) is 0 Å². The van der Waals surface area contributed by atoms with Gasteiger partial charge >= 0.3 is 0 Å². The maximum absolute atomic E-state index is 4.47. The molecule has 0 aliphatic rings. The van der Waals surface area contributed by atoms with E-state index in [1.807, 2.05) is 48.8 Å². The van der Waals surface area contributed by atoms with Gasteiger partial charge in [0.2, 0.25) is 0 Å². The summed E-state index contributed by atoms with van der Waals surface area (Å²) < 4.78 is 0. The van der Waals surface area contributed by atoms with Gasteiger partial charge in [-0.15, -0.1) is 0 Å². The van der Waals surface area contributed by atoms with Crippen LogP contribution in [0.15, 0.2) is 72.3 Å². The Morgan fingerprint density at radius 3 is 2.42 bits per heavy atom. The Morgan fingerprint density at radius 1 is 0.895 bits per heavy atom. The molecule has 0 aliphatic heterocycles. The fourth-order valence-electron chi connectivity index (χ4n) is 1.88. The molecule has 1 atom stereocenters. The average Bonchev–Trinajstić information content (AvgIpc) is 3.00. The molecule has 0 saturated heterocycles. The number of imidazole rings is 1. The molecule has 0 aliphatic carbocycles. The third-order valence-corrected chi connectivity index (χ3v) is 3.96. The lowest BCUT2D eigenvalue weighted by Gasteiger charge is -2.15. The average molecular weight is 267 g/mol. The molecule has 0 spiro atoms. The molecule has 0 fully saturated rings. The van der Waals surface area contributed by atoms with Crippen molar-refractivity contribution in [3.63, 3.8) is 0 Å². The van der Waals surface area contributed by atoms with Crippen LogP contribution in [0.5, 0.6) is 0 Å². The van der Waals surface area contributed by atoms with E-state index in [0.717, 1.165) is 10.9 Å². The van der Waals surface area contributed by atoms with Gasteiger partial charge in [0.1, 0.15) is 0 Å². The van der Waals surface area contributed by atoms with Crippen molar-refractivity contribution in [1.82, 2.24) is 15.0 Å². The van der Waals surface area contributed by atoms with Crippen molar-refractivity contribution in [3.05, 3.63) is 78.4 Å². The van der Waals surface area contributed by atoms with Crippen molar-refractivity contribution in [2.24, 2.45) is 0 Å². The minimum atomic E-state index is 0.147. The number of benzene rings is 1. The first kappa shape index (κ1) is 12.0. The molecule has 3 aromatic rings. The summed E-state index contributed by atoms with van der Waals surface area (Å²) in [5.74, 6) is 0. The van der Waals surface area contributed by atoms with Gasteiger partial charge in [-0.25, -0.2) is 4.98 Å². The number of nitrogens with one attached hydrogen (secondary N) is 1. The summed E-state index contributed by atoms with van der Waals surface area (Å²) in [6, 6.07) is 16.4. The second kappa shape index (κ2) is 5.71. The van der Waals surface area contributed by atoms with Gasteiger partial charge in [-0.05, 0) is 17.7 Å². The third kappa shape index (κ3) is 2.85. The van der Waals surface area contributed by atoms with E-state index in [1.165, 1.54) is 5.56 Å². The number of rotatable bonds is 4. The fraction of sp³-hybridized carbons (Fsp3) is 0.0667. The molecule has 2 heterocycles. The highest BCUT2D eigenvalue weighted by atomic mass is 32.2. The molecule has 0 radical (unpaired) electrons. The molecular formula is C15H13N3S. The molecule has 0 bridgehead atoms. The van der Waals surface area contributed by atoms with Crippen molar-refractivity contribution < 1.29 is 0 Å². The van der Waals surface area contributed by atoms with Gasteiger partial charge in [0.25, 0.3) is 0 Å². The van der Waals surface area contributed by atoms with Crippen molar-refractivity contribution in [1.29, 1.82) is 0 Å². The van der Waals surface area contributed by atoms with E-state index in [9.17, 15) is 0 Å². The molecule has 2 aromatic heterocycles. The van der Waals surface area contributed by atoms with Gasteiger partial charge in [-0.3, -0.25) is 4.98 Å². The van der Waals surface area contributed by atoms with E-state index in [2.05, 4.69) is 27.1 Å². The van der Waals surface area contributed by atoms with E-state index in [4.69, 9.17) is 0 Å². The molecule has 4 heteroatoms. The summed E-state index contributed by atoms with van der Waals surface area (Å²) in [7, 11) is 0. The third-order valence-electron chi connectivity index (χ3n) is 2.76. The molecule has 1 N–H and O–H groups in total. The van der Waals surface area contributed by atoms with Gasteiger partial charge in [-0.2, -0.15) is 0 Å². The number of nitrogens with zero attached hydrogens (tertiary/aromatic N) is 2. The highest BCUT2D eigenvalue weighted by molar-refractivity contribution is 7.99. The lowest BCUT2D eigenvalue weighted by atomic mass is 10.1. The zero-order valence-corrected chi connectivity index (χ0v) is 11.0. The molecule has 1 unspecified atom stereocenters. The van der Waals surface area contributed by atoms with Gasteiger partial charge in [-0.1, -0.05) is 48.2 Å². The maximum Gasteiger partial charge on any atom is 0.166 e. The predicted octanol–water partition coefficient (Wildman–Crippen LogP) is 3.69. The van der Waals surface area contributed by atoms with E-state index in [0.29, 0.717) is 0 Å². The monoisotopic (exact) mass is 267 g/mol. The fourth-order valence-corrected chi connectivity index (χ4v) is 2.92. The van der Waals surface area contributed by atoms with Crippen molar-refractivity contribution in [2.75, 3.05) is 0 Å². The van der Waals surface area contributed by atoms with Crippen LogP contribution < -0.4 is 0 Å². The largest absolute Gasteiger partial charge is 0.340 e. The van der Waals surface area contributed by atoms with Gasteiger partial charge in [0, 0.05) is 18.6 Å². The highest BCUT2D eigenvalue weighted by Crippen LogP contribution is 2.37. The lowest BCUT2D eigenvalue weighted by molar-refractivity contribution is 1.01. The summed E-state index contributed by atoms with van der Waals surface area (Å²) in [4.78, 5) is 11.9. The van der Waals surface area contributed by atoms with Crippen LogP contribution in [0.25, 0.3) is 0 Å². The van der Waals surface area contributed by atoms with Crippen LogP contribution in [0.4, 0.5) is 0 Å². The molecule has 3 nitrogen and oxygen atoms in total. The topological polar surface area (TPSA) is 41.6 Å². The van der Waals surface area contributed by atoms with Gasteiger partial charge in [0.05, 0.1) is 10.9 Å². The first-order valence-corrected chi connectivity index (χ1v) is 6.93. The normalized spacial score (nSPS) is 12.2. The number of pyridine rings is 1. The molecule has 0 amide bonds. The Bertz CT molecular complexity index is 569. The molecule has 0 saturated carbocycles. The Hall–Kier alpha value is -2.07. The minimum Gasteiger partial charge on any atom is -0.340 e. The second-order valence-corrected chi connectivity index (χ2v) is 5.15. The maximum atomic E-state index is 4.47. The summed E-state index contributed by atoms with van der Waals surface area (Å²) in [5, 5.41) is 1.05. The first-order valence-electron chi connectivity index (χ1n) is 6.05. The Labute approximate surface area is 116 Å². The van der Waals surface area contributed by atoms with E-state index < -0.39 is 0 Å². The quantitative estimate of drug-likeness (QED) is 0.733. The lowest BCUT2D eigenvalue weighted by Crippen LogP contribution is -1.99. The predicted molar refractivity (Wildman–Crippen MR) is 77.0 cm³/mol. The summed E-state index contributed by atoms with van der Waals surface area (Å²) in [6.07, 6.45) is 5.43. The van der Waals surface area contributed by atoms with E-state index in [-0.39, 0.29) is 5.25 Å². The molecule has 94 valence electrons. The Kier molecular flexibility index (Phi) is 3.61. The van der Waals surface area contributed by atoms with E-state index >= 15 is 0 Å². The second-order valence-electron chi connectivity index (χ2n) is 4.06. The van der Waals surface area contributed by atoms with E-state index in [1.54, 1.807) is 18.0 Å². The standard InChI is InChI=1S/C15H13N3S/c1-2-6-12(7-3-1)14(13-8-4-5-9-16-13)19-15-17-10-11-18-15/h1-11,14H,(H,17,18). The highest BCUT2D eigenvalue weighted by Gasteiger charge is 2.17. The van der Waals surface area contributed by atoms with Crippen LogP contribution >= 0.6 is 11.8 Å². The zero-order valence-electron chi connectivity index (χ0n) is 10.2. The first-order chi connectivity index (χ1) is 9.43. The van der Waals surface area contributed by atoms with Crippen molar-refractivity contribution >= 4 is 11.8 Å². The smallest absolute Gasteiger partial charge is 0.166 e. The summed E-state index contributed by atoms with van der Waals surface area (Å²) >= 11 is 1.67. The molecular weight excluding hydrogens is 254 g/mol. The van der Waals surface area contributed by atoms with Crippen LogP contribution in [-0.2, 0) is 0 Å². The van der Waals surface area contributed by atoms with Crippen LogP contribution in [0, 0.1) is 0 Å². The number of aromatic nitrogens is 3. The van der Waals surface area contributed by atoms with Gasteiger partial charge in [0.15, 0.2) is 5.16 Å². The Morgan fingerprint density at radius 2 is 1.74 bits per heavy atom. The van der Waals surface area contributed by atoms with Crippen LogP contribution in [-0.4, -0.2) is 15.0 Å². The SMILES string of the molecule is c1ccc(C(Sc2ncc[nH]2)c2ccccn2)cc1. The number of thioether (sulfide) groups is 1. The number of H-pyrrole nitrogens is 1. The van der Waals surface area contributed by atoms with Crippen LogP contribution in [0.2, 0.25) is 0 Å². The zero-order chi connectivity index (χ0) is 12.9. The number of aromatic amines is 1. The van der Waals surface area contributed by atoms with Crippen LogP contribution in [0.1, 0.15) is 16.5 Å².